The maximum atomic E-state index is 6.74. The first-order valence-corrected chi connectivity index (χ1v) is 21.7. The van der Waals surface area contributed by atoms with Crippen molar-refractivity contribution in [3.63, 3.8) is 0 Å². The van der Waals surface area contributed by atoms with Crippen LogP contribution in [0, 0.1) is 41.5 Å². The second kappa shape index (κ2) is 16.9. The molecule has 0 fully saturated rings. The van der Waals surface area contributed by atoms with Crippen LogP contribution in [0.5, 0.6) is 23.0 Å². The summed E-state index contributed by atoms with van der Waals surface area (Å²) in [5.41, 5.74) is 11.6. The summed E-state index contributed by atoms with van der Waals surface area (Å²) in [4.78, 5) is 0. The summed E-state index contributed by atoms with van der Waals surface area (Å²) in [6.07, 6.45) is 0. The lowest BCUT2D eigenvalue weighted by Gasteiger charge is -2.24. The summed E-state index contributed by atoms with van der Waals surface area (Å²) < 4.78 is 26.9. The van der Waals surface area contributed by atoms with Crippen LogP contribution in [0.25, 0.3) is 11.1 Å². The second-order valence-corrected chi connectivity index (χ2v) is 19.8. The van der Waals surface area contributed by atoms with Crippen LogP contribution in [0.15, 0.2) is 121 Å². The van der Waals surface area contributed by atoms with Gasteiger partial charge in [-0.3, -0.25) is 0 Å². The van der Waals surface area contributed by atoms with E-state index in [1.807, 2.05) is 12.1 Å². The highest BCUT2D eigenvalue weighted by Gasteiger charge is 2.24. The molecule has 6 rings (SSSR count). The molecule has 56 heavy (non-hydrogen) atoms. The van der Waals surface area contributed by atoms with Gasteiger partial charge in [-0.2, -0.15) is 0 Å². The SMILES string of the molecule is Cc1ccc(OP(Oc2ccc(C(C)(C)C)cc2C)c2ccc(-c3ccc(P(Oc4ccc(C)cc4C)Oc4ccc(C(C)(C)C)cc4C)cc3)cc2)c(C)c1. The van der Waals surface area contributed by atoms with Crippen molar-refractivity contribution in [1.82, 2.24) is 0 Å². The maximum absolute atomic E-state index is 6.74. The lowest BCUT2D eigenvalue weighted by atomic mass is 9.86. The minimum atomic E-state index is -1.48. The van der Waals surface area contributed by atoms with Crippen molar-refractivity contribution < 1.29 is 18.1 Å². The van der Waals surface area contributed by atoms with Gasteiger partial charge in [0.1, 0.15) is 23.0 Å². The minimum Gasteiger partial charge on any atom is -0.435 e. The van der Waals surface area contributed by atoms with Crippen LogP contribution in [0.2, 0.25) is 0 Å². The van der Waals surface area contributed by atoms with Gasteiger partial charge >= 0.3 is 16.8 Å². The number of rotatable bonds is 11. The van der Waals surface area contributed by atoms with Gasteiger partial charge in [-0.15, -0.1) is 0 Å². The number of hydrogen-bond acceptors (Lipinski definition) is 4. The van der Waals surface area contributed by atoms with E-state index in [1.165, 1.54) is 22.3 Å². The molecule has 0 radical (unpaired) electrons. The minimum absolute atomic E-state index is 0.0527. The molecule has 0 spiro atoms. The van der Waals surface area contributed by atoms with Gasteiger partial charge in [0.05, 0.1) is 10.6 Å². The summed E-state index contributed by atoms with van der Waals surface area (Å²) in [7, 11) is -2.96. The maximum Gasteiger partial charge on any atom is 0.326 e. The van der Waals surface area contributed by atoms with Crippen LogP contribution in [-0.4, -0.2) is 0 Å². The smallest absolute Gasteiger partial charge is 0.326 e. The summed E-state index contributed by atoms with van der Waals surface area (Å²) in [5, 5.41) is 1.98. The molecule has 0 saturated heterocycles. The van der Waals surface area contributed by atoms with Gasteiger partial charge in [0.15, 0.2) is 0 Å². The Morgan fingerprint density at radius 2 is 0.625 bits per heavy atom. The average Bonchev–Trinajstić information content (AvgIpc) is 3.14. The van der Waals surface area contributed by atoms with Crippen LogP contribution < -0.4 is 28.7 Å². The standard InChI is InChI=1S/C50H56O4P2/c1-33-13-25-45(35(3)29-33)51-55(53-47-27-19-41(31-37(47)5)49(7,8)9)43-21-15-39(16-22-43)40-17-23-44(24-18-40)56(52-46-26-14-34(2)30-36(46)4)54-48-28-20-42(32-38(48)6)50(10,11)12/h13-32H,1-12H3. The third kappa shape index (κ3) is 10.0. The molecule has 0 amide bonds. The molecule has 0 aliphatic rings. The molecular weight excluding hydrogens is 726 g/mol. The fraction of sp³-hybridized carbons (Fsp3) is 0.280. The van der Waals surface area contributed by atoms with Crippen molar-refractivity contribution in [2.75, 3.05) is 0 Å². The van der Waals surface area contributed by atoms with Crippen LogP contribution in [0.3, 0.4) is 0 Å². The fourth-order valence-electron chi connectivity index (χ4n) is 6.40. The van der Waals surface area contributed by atoms with Crippen molar-refractivity contribution in [1.29, 1.82) is 0 Å². The van der Waals surface area contributed by atoms with E-state index in [2.05, 4.69) is 192 Å². The molecule has 0 aromatic heterocycles. The molecule has 4 nitrogen and oxygen atoms in total. The molecule has 2 unspecified atom stereocenters. The van der Waals surface area contributed by atoms with Crippen molar-refractivity contribution in [2.45, 2.75) is 93.9 Å². The van der Waals surface area contributed by atoms with E-state index in [-0.39, 0.29) is 10.8 Å². The molecule has 0 heterocycles. The molecular formula is C50H56O4P2. The Bertz CT molecular complexity index is 2130. The molecule has 0 aliphatic carbocycles. The molecule has 290 valence electrons. The first kappa shape index (κ1) is 41.0. The van der Waals surface area contributed by atoms with E-state index < -0.39 is 16.8 Å². The van der Waals surface area contributed by atoms with E-state index in [1.54, 1.807) is 0 Å². The van der Waals surface area contributed by atoms with Crippen LogP contribution >= 0.6 is 16.8 Å². The topological polar surface area (TPSA) is 36.9 Å². The van der Waals surface area contributed by atoms with E-state index in [9.17, 15) is 0 Å². The van der Waals surface area contributed by atoms with Gasteiger partial charge in [-0.05, 0) is 145 Å². The lowest BCUT2D eigenvalue weighted by Crippen LogP contribution is -2.13. The highest BCUT2D eigenvalue weighted by Crippen LogP contribution is 2.45. The Labute approximate surface area is 338 Å². The Hall–Kier alpha value is -4.62. The van der Waals surface area contributed by atoms with Crippen molar-refractivity contribution >= 4 is 27.4 Å². The first-order chi connectivity index (χ1) is 26.4. The van der Waals surface area contributed by atoms with E-state index >= 15 is 0 Å². The van der Waals surface area contributed by atoms with Crippen molar-refractivity contribution in [3.8, 4) is 34.1 Å². The Morgan fingerprint density at radius 3 is 0.893 bits per heavy atom. The molecule has 0 saturated carbocycles. The van der Waals surface area contributed by atoms with Crippen LogP contribution in [0.4, 0.5) is 0 Å². The largest absolute Gasteiger partial charge is 0.435 e. The highest BCUT2D eigenvalue weighted by atomic mass is 31.2. The molecule has 0 aliphatic heterocycles. The Balaban J connectivity index is 1.28. The predicted octanol–water partition coefficient (Wildman–Crippen LogP) is 14.0. The molecule has 6 aromatic rings. The average molecular weight is 783 g/mol. The van der Waals surface area contributed by atoms with E-state index in [0.717, 1.165) is 67.0 Å². The van der Waals surface area contributed by atoms with Crippen molar-refractivity contribution in [2.24, 2.45) is 0 Å². The summed E-state index contributed by atoms with van der Waals surface area (Å²) >= 11 is 0. The van der Waals surface area contributed by atoms with Crippen LogP contribution in [-0.2, 0) is 10.8 Å². The molecule has 6 aromatic carbocycles. The highest BCUT2D eigenvalue weighted by molar-refractivity contribution is 7.57. The van der Waals surface area contributed by atoms with Gasteiger partial charge < -0.3 is 18.1 Å². The zero-order valence-electron chi connectivity index (χ0n) is 35.1. The lowest BCUT2D eigenvalue weighted by molar-refractivity contribution is 0.496. The van der Waals surface area contributed by atoms with Gasteiger partial charge in [-0.25, -0.2) is 0 Å². The third-order valence-electron chi connectivity index (χ3n) is 9.96. The van der Waals surface area contributed by atoms with Crippen LogP contribution in [0.1, 0.15) is 86.1 Å². The molecule has 0 bridgehead atoms. The molecule has 2 atom stereocenters. The molecule has 0 N–H and O–H groups in total. The van der Waals surface area contributed by atoms with E-state index in [4.69, 9.17) is 18.1 Å². The summed E-state index contributed by atoms with van der Waals surface area (Å²) in [5.74, 6) is 3.31. The zero-order chi connectivity index (χ0) is 40.4. The van der Waals surface area contributed by atoms with Gasteiger partial charge in [0.2, 0.25) is 0 Å². The third-order valence-corrected chi connectivity index (χ3v) is 12.8. The Kier molecular flexibility index (Phi) is 12.3. The van der Waals surface area contributed by atoms with Gasteiger partial charge in [0, 0.05) is 0 Å². The number of hydrogen-bond donors (Lipinski definition) is 0. The summed E-state index contributed by atoms with van der Waals surface area (Å²) in [6, 6.07) is 42.6. The normalized spacial score (nSPS) is 12.9. The first-order valence-electron chi connectivity index (χ1n) is 19.3. The summed E-state index contributed by atoms with van der Waals surface area (Å²) in [6.45, 7) is 26.0. The van der Waals surface area contributed by atoms with Gasteiger partial charge in [-0.1, -0.05) is 125 Å². The number of benzene rings is 6. The molecule has 6 heteroatoms. The monoisotopic (exact) mass is 782 g/mol. The van der Waals surface area contributed by atoms with E-state index in [0.29, 0.717) is 0 Å². The Morgan fingerprint density at radius 1 is 0.339 bits per heavy atom. The van der Waals surface area contributed by atoms with Gasteiger partial charge in [0.25, 0.3) is 0 Å². The van der Waals surface area contributed by atoms with Crippen molar-refractivity contribution in [3.05, 3.63) is 166 Å². The predicted molar refractivity (Wildman–Crippen MR) is 239 cm³/mol. The fourth-order valence-corrected chi connectivity index (χ4v) is 9.21. The second-order valence-electron chi connectivity index (χ2n) is 17.0. The quantitative estimate of drug-likeness (QED) is 0.123. The number of aryl methyl sites for hydroxylation is 6. The zero-order valence-corrected chi connectivity index (χ0v) is 36.9.